The van der Waals surface area contributed by atoms with Gasteiger partial charge in [0.1, 0.15) is 11.4 Å². The molecule has 2 unspecified atom stereocenters. The van der Waals surface area contributed by atoms with Gasteiger partial charge in [0.15, 0.2) is 0 Å². The average Bonchev–Trinajstić information content (AvgIpc) is 2.42. The molecule has 2 atom stereocenters. The van der Waals surface area contributed by atoms with Gasteiger partial charge in [-0.1, -0.05) is 13.3 Å². The third kappa shape index (κ3) is 3.45. The van der Waals surface area contributed by atoms with E-state index in [0.717, 1.165) is 18.5 Å². The molecule has 4 heteroatoms. The monoisotopic (exact) mass is 262 g/mol. The Balaban J connectivity index is 2.09. The second kappa shape index (κ2) is 6.03. The second-order valence-corrected chi connectivity index (χ2v) is 5.06. The van der Waals surface area contributed by atoms with Gasteiger partial charge in [-0.25, -0.2) is 4.39 Å². The van der Waals surface area contributed by atoms with Crippen molar-refractivity contribution < 1.29 is 9.13 Å². The van der Waals surface area contributed by atoms with Crippen LogP contribution in [0.25, 0.3) is 0 Å². The molecule has 0 amide bonds. The van der Waals surface area contributed by atoms with Gasteiger partial charge in [-0.3, -0.25) is 0 Å². The standard InChI is InChI=1S/C15H19FN2O/c1-2-3-14-10-15(11-17,8-9-19-14)18-13-6-4-12(16)5-7-13/h4-7,14,18H,2-3,8-10H2,1H3. The van der Waals surface area contributed by atoms with E-state index in [1.807, 2.05) is 0 Å². The van der Waals surface area contributed by atoms with Crippen molar-refractivity contribution in [2.45, 2.75) is 44.2 Å². The van der Waals surface area contributed by atoms with E-state index in [4.69, 9.17) is 4.74 Å². The smallest absolute Gasteiger partial charge is 0.130 e. The summed E-state index contributed by atoms with van der Waals surface area (Å²) in [5.41, 5.74) is 0.177. The first-order chi connectivity index (χ1) is 9.17. The van der Waals surface area contributed by atoms with Gasteiger partial charge < -0.3 is 10.1 Å². The molecule has 0 saturated carbocycles. The Morgan fingerprint density at radius 2 is 2.21 bits per heavy atom. The minimum atomic E-state index is -0.601. The highest BCUT2D eigenvalue weighted by Crippen LogP contribution is 2.30. The highest BCUT2D eigenvalue weighted by atomic mass is 19.1. The molecular formula is C15H19FN2O. The quantitative estimate of drug-likeness (QED) is 0.903. The molecule has 1 saturated heterocycles. The third-order valence-corrected chi connectivity index (χ3v) is 3.51. The lowest BCUT2D eigenvalue weighted by Crippen LogP contribution is -2.45. The molecule has 1 N–H and O–H groups in total. The third-order valence-electron chi connectivity index (χ3n) is 3.51. The Bertz CT molecular complexity index is 452. The minimum Gasteiger partial charge on any atom is -0.378 e. The van der Waals surface area contributed by atoms with E-state index in [0.29, 0.717) is 19.4 Å². The van der Waals surface area contributed by atoms with Gasteiger partial charge in [-0.15, -0.1) is 0 Å². The molecule has 1 fully saturated rings. The lowest BCUT2D eigenvalue weighted by atomic mass is 9.86. The number of ether oxygens (including phenoxy) is 1. The lowest BCUT2D eigenvalue weighted by Gasteiger charge is -2.37. The first-order valence-electron chi connectivity index (χ1n) is 6.74. The summed E-state index contributed by atoms with van der Waals surface area (Å²) in [5, 5.41) is 12.8. The summed E-state index contributed by atoms with van der Waals surface area (Å²) >= 11 is 0. The zero-order valence-corrected chi connectivity index (χ0v) is 11.2. The molecule has 1 aromatic carbocycles. The number of benzene rings is 1. The van der Waals surface area contributed by atoms with Crippen LogP contribution in [0.4, 0.5) is 10.1 Å². The fourth-order valence-corrected chi connectivity index (χ4v) is 2.51. The first-order valence-corrected chi connectivity index (χ1v) is 6.74. The normalized spacial score (nSPS) is 26.7. The highest BCUT2D eigenvalue weighted by Gasteiger charge is 2.36. The zero-order valence-electron chi connectivity index (χ0n) is 11.2. The van der Waals surface area contributed by atoms with Crippen LogP contribution in [0.15, 0.2) is 24.3 Å². The van der Waals surface area contributed by atoms with E-state index < -0.39 is 5.54 Å². The first kappa shape index (κ1) is 13.8. The van der Waals surface area contributed by atoms with Crippen molar-refractivity contribution in [3.63, 3.8) is 0 Å². The Morgan fingerprint density at radius 3 is 2.84 bits per heavy atom. The molecular weight excluding hydrogens is 243 g/mol. The lowest BCUT2D eigenvalue weighted by molar-refractivity contribution is -0.00614. The predicted octanol–water partition coefficient (Wildman–Crippen LogP) is 3.48. The van der Waals surface area contributed by atoms with Crippen molar-refractivity contribution in [3.05, 3.63) is 30.1 Å². The molecule has 1 aromatic rings. The molecule has 0 radical (unpaired) electrons. The van der Waals surface area contributed by atoms with Crippen molar-refractivity contribution in [2.75, 3.05) is 11.9 Å². The van der Waals surface area contributed by atoms with Gasteiger partial charge in [0.25, 0.3) is 0 Å². The zero-order chi connectivity index (χ0) is 13.7. The van der Waals surface area contributed by atoms with Gasteiger partial charge in [-0.05, 0) is 30.7 Å². The van der Waals surface area contributed by atoms with Gasteiger partial charge in [0, 0.05) is 18.5 Å². The second-order valence-electron chi connectivity index (χ2n) is 5.06. The van der Waals surface area contributed by atoms with Gasteiger partial charge in [0.05, 0.1) is 18.8 Å². The van der Waals surface area contributed by atoms with Crippen molar-refractivity contribution in [1.82, 2.24) is 0 Å². The van der Waals surface area contributed by atoms with Crippen molar-refractivity contribution in [2.24, 2.45) is 0 Å². The Labute approximate surface area is 113 Å². The Morgan fingerprint density at radius 1 is 1.47 bits per heavy atom. The molecule has 1 heterocycles. The molecule has 3 nitrogen and oxygen atoms in total. The maximum Gasteiger partial charge on any atom is 0.130 e. The number of nitriles is 1. The van der Waals surface area contributed by atoms with E-state index in [9.17, 15) is 9.65 Å². The number of anilines is 1. The van der Waals surface area contributed by atoms with E-state index in [1.54, 1.807) is 12.1 Å². The summed E-state index contributed by atoms with van der Waals surface area (Å²) < 4.78 is 18.6. The fourth-order valence-electron chi connectivity index (χ4n) is 2.51. The van der Waals surface area contributed by atoms with Crippen LogP contribution in [0.3, 0.4) is 0 Å². The van der Waals surface area contributed by atoms with Gasteiger partial charge in [-0.2, -0.15) is 5.26 Å². The summed E-state index contributed by atoms with van der Waals surface area (Å²) in [6, 6.07) is 8.51. The summed E-state index contributed by atoms with van der Waals surface area (Å²) in [5.74, 6) is -0.271. The molecule has 0 bridgehead atoms. The minimum absolute atomic E-state index is 0.131. The Hall–Kier alpha value is -1.60. The van der Waals surface area contributed by atoms with E-state index in [2.05, 4.69) is 18.3 Å². The summed E-state index contributed by atoms with van der Waals surface area (Å²) in [7, 11) is 0. The van der Waals surface area contributed by atoms with Crippen molar-refractivity contribution >= 4 is 5.69 Å². The summed E-state index contributed by atoms with van der Waals surface area (Å²) in [6.45, 7) is 2.70. The average molecular weight is 262 g/mol. The maximum absolute atomic E-state index is 12.9. The summed E-state index contributed by atoms with van der Waals surface area (Å²) in [6.07, 6.45) is 3.47. The maximum atomic E-state index is 12.9. The molecule has 1 aliphatic rings. The topological polar surface area (TPSA) is 45.0 Å². The number of halogens is 1. The van der Waals surface area contributed by atoms with Crippen LogP contribution in [0, 0.1) is 17.1 Å². The highest BCUT2D eigenvalue weighted by molar-refractivity contribution is 5.48. The number of hydrogen-bond acceptors (Lipinski definition) is 3. The van der Waals surface area contributed by atoms with Crippen LogP contribution in [0.5, 0.6) is 0 Å². The van der Waals surface area contributed by atoms with E-state index >= 15 is 0 Å². The summed E-state index contributed by atoms with van der Waals surface area (Å²) in [4.78, 5) is 0. The van der Waals surface area contributed by atoms with Crippen LogP contribution in [-0.2, 0) is 4.74 Å². The van der Waals surface area contributed by atoms with Crippen LogP contribution in [0.1, 0.15) is 32.6 Å². The number of hydrogen-bond donors (Lipinski definition) is 1. The largest absolute Gasteiger partial charge is 0.378 e. The van der Waals surface area contributed by atoms with Crippen molar-refractivity contribution in [3.8, 4) is 6.07 Å². The molecule has 102 valence electrons. The molecule has 0 aliphatic carbocycles. The van der Waals surface area contributed by atoms with Crippen molar-refractivity contribution in [1.29, 1.82) is 5.26 Å². The molecule has 1 aliphatic heterocycles. The van der Waals surface area contributed by atoms with Crippen LogP contribution < -0.4 is 5.32 Å². The number of nitrogens with one attached hydrogen (secondary N) is 1. The number of nitrogens with zero attached hydrogens (tertiary/aromatic N) is 1. The van der Waals surface area contributed by atoms with Crippen LogP contribution >= 0.6 is 0 Å². The molecule has 0 spiro atoms. The van der Waals surface area contributed by atoms with Crippen LogP contribution in [0.2, 0.25) is 0 Å². The number of rotatable bonds is 4. The van der Waals surface area contributed by atoms with Gasteiger partial charge in [0.2, 0.25) is 0 Å². The fraction of sp³-hybridized carbons (Fsp3) is 0.533. The van der Waals surface area contributed by atoms with Gasteiger partial charge >= 0.3 is 0 Å². The molecule has 2 rings (SSSR count). The van der Waals surface area contributed by atoms with E-state index in [-0.39, 0.29) is 11.9 Å². The Kier molecular flexibility index (Phi) is 4.39. The molecule has 19 heavy (non-hydrogen) atoms. The van der Waals surface area contributed by atoms with E-state index in [1.165, 1.54) is 12.1 Å². The molecule has 0 aromatic heterocycles. The predicted molar refractivity (Wildman–Crippen MR) is 72.2 cm³/mol. The SMILES string of the molecule is CCCC1CC(C#N)(Nc2ccc(F)cc2)CCO1. The van der Waals surface area contributed by atoms with Crippen LogP contribution in [-0.4, -0.2) is 18.2 Å².